The van der Waals surface area contributed by atoms with Crippen molar-refractivity contribution < 1.29 is 9.66 Å². The van der Waals surface area contributed by atoms with E-state index in [2.05, 4.69) is 9.97 Å². The summed E-state index contributed by atoms with van der Waals surface area (Å²) in [6.07, 6.45) is 0.653. The Labute approximate surface area is 160 Å². The summed E-state index contributed by atoms with van der Waals surface area (Å²) in [7, 11) is 0. The number of hydrogen-bond acceptors (Lipinski definition) is 6. The normalized spacial score (nSPS) is 10.3. The molecule has 0 atom stereocenters. The van der Waals surface area contributed by atoms with Crippen LogP contribution >= 0.6 is 11.6 Å². The minimum atomic E-state index is -0.464. The number of nitrogens with zero attached hydrogens (tertiary/aromatic N) is 4. The molecule has 0 aliphatic heterocycles. The quantitative estimate of drug-likeness (QED) is 0.459. The number of halogens is 1. The molecule has 8 heteroatoms. The first kappa shape index (κ1) is 18.3. The Bertz CT molecular complexity index is 1050. The zero-order chi connectivity index (χ0) is 19.4. The number of rotatable bonds is 5. The van der Waals surface area contributed by atoms with E-state index in [9.17, 15) is 10.1 Å². The van der Waals surface area contributed by atoms with Crippen LogP contribution in [-0.4, -0.2) is 14.9 Å². The Kier molecular flexibility index (Phi) is 5.29. The molecule has 3 rings (SSSR count). The molecule has 1 heterocycles. The molecule has 0 unspecified atom stereocenters. The molecule has 134 valence electrons. The van der Waals surface area contributed by atoms with Gasteiger partial charge < -0.3 is 4.74 Å². The average molecular weight is 381 g/mol. The van der Waals surface area contributed by atoms with Gasteiger partial charge in [0.2, 0.25) is 5.88 Å². The fourth-order valence-electron chi connectivity index (χ4n) is 2.33. The fraction of sp³-hybridized carbons (Fsp3) is 0.105. The number of nitriles is 1. The molecule has 7 nitrogen and oxygen atoms in total. The predicted molar refractivity (Wildman–Crippen MR) is 99.7 cm³/mol. The maximum atomic E-state index is 10.8. The molecule has 2 aromatic carbocycles. The average Bonchev–Trinajstić information content (AvgIpc) is 2.69. The van der Waals surface area contributed by atoms with Gasteiger partial charge >= 0.3 is 0 Å². The van der Waals surface area contributed by atoms with Gasteiger partial charge in [-0.15, -0.1) is 0 Å². The van der Waals surface area contributed by atoms with Crippen LogP contribution in [0, 0.1) is 21.4 Å². The van der Waals surface area contributed by atoms with Crippen molar-refractivity contribution in [3.63, 3.8) is 0 Å². The largest absolute Gasteiger partial charge is 0.437 e. The lowest BCUT2D eigenvalue weighted by atomic mass is 10.2. The molecule has 3 aromatic rings. The smallest absolute Gasteiger partial charge is 0.269 e. The number of non-ortho nitro benzene ring substituents is 1. The Morgan fingerprint density at radius 1 is 1.19 bits per heavy atom. The van der Waals surface area contributed by atoms with Gasteiger partial charge in [0.05, 0.1) is 21.6 Å². The summed E-state index contributed by atoms with van der Waals surface area (Å²) in [5.74, 6) is 1.05. The van der Waals surface area contributed by atoms with Crippen LogP contribution in [0.1, 0.15) is 18.2 Å². The predicted octanol–water partition coefficient (Wildman–Crippen LogP) is 4.93. The summed E-state index contributed by atoms with van der Waals surface area (Å²) in [6.45, 7) is 1.94. The number of aryl methyl sites for hydroxylation is 1. The number of aromatic nitrogens is 2. The molecule has 0 aliphatic rings. The molecule has 0 N–H and O–H groups in total. The molecule has 27 heavy (non-hydrogen) atoms. The minimum absolute atomic E-state index is 0.00812. The number of ether oxygens (including phenoxy) is 1. The van der Waals surface area contributed by atoms with Crippen LogP contribution in [0.2, 0.25) is 5.02 Å². The number of benzene rings is 2. The highest BCUT2D eigenvalue weighted by molar-refractivity contribution is 6.32. The maximum absolute atomic E-state index is 10.8. The first-order valence-electron chi connectivity index (χ1n) is 8.00. The van der Waals surface area contributed by atoms with E-state index < -0.39 is 4.92 Å². The second-order valence-electron chi connectivity index (χ2n) is 5.54. The Morgan fingerprint density at radius 3 is 2.52 bits per heavy atom. The third kappa shape index (κ3) is 4.19. The van der Waals surface area contributed by atoms with Crippen molar-refractivity contribution in [3.05, 3.63) is 74.9 Å². The van der Waals surface area contributed by atoms with Crippen LogP contribution in [0.15, 0.2) is 48.5 Å². The topological polar surface area (TPSA) is 102 Å². The van der Waals surface area contributed by atoms with Crippen molar-refractivity contribution in [2.24, 2.45) is 0 Å². The minimum Gasteiger partial charge on any atom is -0.437 e. The third-order valence-corrected chi connectivity index (χ3v) is 4.03. The van der Waals surface area contributed by atoms with E-state index in [0.29, 0.717) is 40.0 Å². The zero-order valence-corrected chi connectivity index (χ0v) is 15.0. The molecular formula is C19H13ClN4O3. The molecule has 0 saturated carbocycles. The van der Waals surface area contributed by atoms with Crippen molar-refractivity contribution in [1.82, 2.24) is 9.97 Å². The molecule has 0 radical (unpaired) electrons. The van der Waals surface area contributed by atoms with E-state index in [0.717, 1.165) is 5.69 Å². The van der Waals surface area contributed by atoms with E-state index >= 15 is 0 Å². The van der Waals surface area contributed by atoms with E-state index in [1.165, 1.54) is 18.2 Å². The lowest BCUT2D eigenvalue weighted by Crippen LogP contribution is -1.98. The van der Waals surface area contributed by atoms with Crippen molar-refractivity contribution in [3.8, 4) is 29.1 Å². The summed E-state index contributed by atoms with van der Waals surface area (Å²) in [5, 5.41) is 20.0. The summed E-state index contributed by atoms with van der Waals surface area (Å²) >= 11 is 6.15. The van der Waals surface area contributed by atoms with Gasteiger partial charge in [0, 0.05) is 29.5 Å². The number of nitro groups is 1. The summed E-state index contributed by atoms with van der Waals surface area (Å²) in [6, 6.07) is 14.4. The van der Waals surface area contributed by atoms with E-state index in [4.69, 9.17) is 21.6 Å². The first-order valence-corrected chi connectivity index (χ1v) is 8.38. The van der Waals surface area contributed by atoms with Gasteiger partial charge in [-0.25, -0.2) is 4.98 Å². The van der Waals surface area contributed by atoms with Gasteiger partial charge in [0.25, 0.3) is 5.69 Å². The van der Waals surface area contributed by atoms with Crippen LogP contribution in [0.4, 0.5) is 5.69 Å². The SMILES string of the molecule is CCc1cc(Oc2ccc(C#N)cc2Cl)nc(-c2ccc([N+](=O)[O-])cc2)n1. The van der Waals surface area contributed by atoms with Crippen LogP contribution < -0.4 is 4.74 Å². The standard InChI is InChI=1S/C19H13ClN4O3/c1-2-14-10-18(27-17-8-3-12(11-21)9-16(17)20)23-19(22-14)13-4-6-15(7-5-13)24(25)26/h3-10H,2H2,1H3. The van der Waals surface area contributed by atoms with Crippen LogP contribution in [0.25, 0.3) is 11.4 Å². The molecular weight excluding hydrogens is 368 g/mol. The van der Waals surface area contributed by atoms with Crippen molar-refractivity contribution in [1.29, 1.82) is 5.26 Å². The lowest BCUT2D eigenvalue weighted by Gasteiger charge is -2.10. The monoisotopic (exact) mass is 380 g/mol. The van der Waals surface area contributed by atoms with Gasteiger partial charge in [-0.1, -0.05) is 18.5 Å². The molecule has 0 bridgehead atoms. The van der Waals surface area contributed by atoms with Gasteiger partial charge in [0.15, 0.2) is 5.82 Å². The van der Waals surface area contributed by atoms with Crippen LogP contribution in [0.3, 0.4) is 0 Å². The van der Waals surface area contributed by atoms with Gasteiger partial charge in [-0.3, -0.25) is 10.1 Å². The van der Waals surface area contributed by atoms with Crippen molar-refractivity contribution in [2.75, 3.05) is 0 Å². The summed E-state index contributed by atoms with van der Waals surface area (Å²) in [4.78, 5) is 19.2. The maximum Gasteiger partial charge on any atom is 0.269 e. The first-order chi connectivity index (χ1) is 13.0. The summed E-state index contributed by atoms with van der Waals surface area (Å²) < 4.78 is 5.77. The van der Waals surface area contributed by atoms with Crippen LogP contribution in [-0.2, 0) is 6.42 Å². The fourth-order valence-corrected chi connectivity index (χ4v) is 2.55. The summed E-state index contributed by atoms with van der Waals surface area (Å²) in [5.41, 5.74) is 1.80. The zero-order valence-electron chi connectivity index (χ0n) is 14.2. The molecule has 0 saturated heterocycles. The molecule has 0 fully saturated rings. The lowest BCUT2D eigenvalue weighted by molar-refractivity contribution is -0.384. The van der Waals surface area contributed by atoms with Gasteiger partial charge in [0.1, 0.15) is 5.75 Å². The van der Waals surface area contributed by atoms with E-state index in [-0.39, 0.29) is 5.69 Å². The van der Waals surface area contributed by atoms with Gasteiger partial charge in [-0.05, 0) is 36.8 Å². The van der Waals surface area contributed by atoms with Gasteiger partial charge in [-0.2, -0.15) is 10.2 Å². The second kappa shape index (κ2) is 7.81. The van der Waals surface area contributed by atoms with Crippen molar-refractivity contribution >= 4 is 17.3 Å². The molecule has 0 aliphatic carbocycles. The third-order valence-electron chi connectivity index (χ3n) is 3.73. The molecule has 0 spiro atoms. The highest BCUT2D eigenvalue weighted by atomic mass is 35.5. The van der Waals surface area contributed by atoms with E-state index in [1.54, 1.807) is 30.3 Å². The van der Waals surface area contributed by atoms with Crippen molar-refractivity contribution in [2.45, 2.75) is 13.3 Å². The van der Waals surface area contributed by atoms with Crippen LogP contribution in [0.5, 0.6) is 11.6 Å². The molecule has 0 amide bonds. The van der Waals surface area contributed by atoms with E-state index in [1.807, 2.05) is 13.0 Å². The Morgan fingerprint density at radius 2 is 1.93 bits per heavy atom. The highest BCUT2D eigenvalue weighted by Gasteiger charge is 2.12. The second-order valence-corrected chi connectivity index (χ2v) is 5.94. The number of nitro benzene ring substituents is 1. The Balaban J connectivity index is 1.96. The molecule has 1 aromatic heterocycles. The number of hydrogen-bond donors (Lipinski definition) is 0. The highest BCUT2D eigenvalue weighted by Crippen LogP contribution is 2.30. The Hall–Kier alpha value is -3.50.